The minimum Gasteiger partial charge on any atom is -0.457 e. The highest BCUT2D eigenvalue weighted by Gasteiger charge is 2.28. The van der Waals surface area contributed by atoms with Gasteiger partial charge in [-0.3, -0.25) is 4.79 Å². The third-order valence-electron chi connectivity index (χ3n) is 7.52. The van der Waals surface area contributed by atoms with Crippen LogP contribution in [0.5, 0.6) is 23.0 Å². The number of anilines is 1. The molecule has 0 bridgehead atoms. The lowest BCUT2D eigenvalue weighted by Crippen LogP contribution is -2.23. The first-order valence-electron chi connectivity index (χ1n) is 14.3. The van der Waals surface area contributed by atoms with Crippen molar-refractivity contribution in [3.8, 4) is 23.0 Å². The summed E-state index contributed by atoms with van der Waals surface area (Å²) >= 11 is 0. The van der Waals surface area contributed by atoms with Crippen LogP contribution in [0.2, 0.25) is 0 Å². The van der Waals surface area contributed by atoms with Crippen molar-refractivity contribution in [2.24, 2.45) is 0 Å². The molecule has 4 rings (SSSR count). The summed E-state index contributed by atoms with van der Waals surface area (Å²) in [4.78, 5) is 11.4. The van der Waals surface area contributed by atoms with E-state index >= 15 is 0 Å². The van der Waals surface area contributed by atoms with Crippen molar-refractivity contribution < 1.29 is 14.3 Å². The van der Waals surface area contributed by atoms with Crippen molar-refractivity contribution in [1.29, 1.82) is 0 Å². The normalized spacial score (nSPS) is 13.0. The summed E-state index contributed by atoms with van der Waals surface area (Å²) in [5.41, 5.74) is 4.18. The van der Waals surface area contributed by atoms with E-state index in [1.165, 1.54) is 23.6 Å². The van der Waals surface area contributed by atoms with Gasteiger partial charge in [0.15, 0.2) is 0 Å². The Kier molecular flexibility index (Phi) is 9.34. The molecule has 0 fully saturated rings. The number of carbonyl (C=O) groups excluding carboxylic acids is 1. The zero-order valence-electron chi connectivity index (χ0n) is 25.0. The number of benzene rings is 4. The minimum absolute atomic E-state index is 0.0583. The number of rotatable bonds is 11. The predicted octanol–water partition coefficient (Wildman–Crippen LogP) is 10.2. The van der Waals surface area contributed by atoms with Gasteiger partial charge in [-0.05, 0) is 78.6 Å². The number of amides is 1. The van der Waals surface area contributed by atoms with Crippen LogP contribution in [0.3, 0.4) is 0 Å². The van der Waals surface area contributed by atoms with Gasteiger partial charge in [0.2, 0.25) is 5.91 Å². The third-order valence-corrected chi connectivity index (χ3v) is 7.52. The quantitative estimate of drug-likeness (QED) is 0.190. The van der Waals surface area contributed by atoms with E-state index < -0.39 is 0 Å². The molecule has 4 aromatic rings. The summed E-state index contributed by atoms with van der Waals surface area (Å²) in [7, 11) is 0. The molecule has 0 saturated heterocycles. The van der Waals surface area contributed by atoms with Gasteiger partial charge in [-0.1, -0.05) is 88.7 Å². The van der Waals surface area contributed by atoms with Gasteiger partial charge in [0.05, 0.1) is 0 Å². The number of allylic oxidation sites excluding steroid dienone is 2. The van der Waals surface area contributed by atoms with E-state index in [9.17, 15) is 4.79 Å². The van der Waals surface area contributed by atoms with Gasteiger partial charge in [0.25, 0.3) is 0 Å². The van der Waals surface area contributed by atoms with Crippen LogP contribution >= 0.6 is 0 Å². The molecule has 0 saturated carbocycles. The Labute approximate surface area is 245 Å². The second-order valence-electron chi connectivity index (χ2n) is 11.3. The molecule has 0 radical (unpaired) electrons. The molecule has 4 aromatic carbocycles. The summed E-state index contributed by atoms with van der Waals surface area (Å²) in [6.07, 6.45) is 6.36. The van der Waals surface area contributed by atoms with Crippen LogP contribution in [0.4, 0.5) is 5.69 Å². The molecule has 0 aliphatic heterocycles. The standard InChI is InChI=1S/C37H41NO3/c1-7-23-36(4,5)30-11-9-13-34(25-30)40-32-19-15-28(16-20-32)37(6,24-8-2)29-17-21-33(22-18-29)41-35-14-10-12-31(26-35)38-27(3)39/h7,9-23,25-26H,8,24H2,1-6H3,(H,38,39)/b23-7-. The summed E-state index contributed by atoms with van der Waals surface area (Å²) in [6, 6.07) is 32.5. The third kappa shape index (κ3) is 7.46. The van der Waals surface area contributed by atoms with Gasteiger partial charge in [-0.15, -0.1) is 0 Å². The molecule has 1 unspecified atom stereocenters. The Morgan fingerprint density at radius 3 is 1.78 bits per heavy atom. The van der Waals surface area contributed by atoms with E-state index in [0.717, 1.165) is 30.1 Å². The van der Waals surface area contributed by atoms with Crippen LogP contribution in [0, 0.1) is 0 Å². The summed E-state index contributed by atoms with van der Waals surface area (Å²) in [6.45, 7) is 12.5. The molecule has 1 atom stereocenters. The van der Waals surface area contributed by atoms with E-state index in [4.69, 9.17) is 9.47 Å². The predicted molar refractivity (Wildman–Crippen MR) is 169 cm³/mol. The van der Waals surface area contributed by atoms with E-state index in [1.807, 2.05) is 42.5 Å². The fraction of sp³-hybridized carbons (Fsp3) is 0.270. The first kappa shape index (κ1) is 29.7. The van der Waals surface area contributed by atoms with Gasteiger partial charge in [-0.2, -0.15) is 0 Å². The molecule has 4 heteroatoms. The largest absolute Gasteiger partial charge is 0.457 e. The highest BCUT2D eigenvalue weighted by molar-refractivity contribution is 5.88. The Bertz CT molecular complexity index is 1490. The average molecular weight is 548 g/mol. The molecule has 212 valence electrons. The van der Waals surface area contributed by atoms with Crippen LogP contribution in [0.25, 0.3) is 0 Å². The first-order chi connectivity index (χ1) is 19.6. The van der Waals surface area contributed by atoms with Gasteiger partial charge < -0.3 is 14.8 Å². The average Bonchev–Trinajstić information content (AvgIpc) is 2.94. The van der Waals surface area contributed by atoms with Crippen LogP contribution in [-0.4, -0.2) is 5.91 Å². The molecule has 0 heterocycles. The molecule has 1 amide bonds. The van der Waals surface area contributed by atoms with Crippen molar-refractivity contribution in [2.45, 2.75) is 65.2 Å². The highest BCUT2D eigenvalue weighted by Crippen LogP contribution is 2.39. The molecule has 0 aliphatic carbocycles. The van der Waals surface area contributed by atoms with Crippen LogP contribution in [0.1, 0.15) is 71.1 Å². The molecule has 4 nitrogen and oxygen atoms in total. The lowest BCUT2D eigenvalue weighted by atomic mass is 9.73. The topological polar surface area (TPSA) is 47.6 Å². The zero-order valence-corrected chi connectivity index (χ0v) is 25.0. The fourth-order valence-corrected chi connectivity index (χ4v) is 5.32. The van der Waals surface area contributed by atoms with E-state index in [1.54, 1.807) is 0 Å². The molecule has 1 N–H and O–H groups in total. The highest BCUT2D eigenvalue weighted by atomic mass is 16.5. The van der Waals surface area contributed by atoms with Crippen molar-refractivity contribution in [1.82, 2.24) is 0 Å². The van der Waals surface area contributed by atoms with Crippen molar-refractivity contribution in [2.75, 3.05) is 5.32 Å². The van der Waals surface area contributed by atoms with Gasteiger partial charge in [0.1, 0.15) is 23.0 Å². The molecule has 0 spiro atoms. The molecule has 41 heavy (non-hydrogen) atoms. The monoisotopic (exact) mass is 547 g/mol. The van der Waals surface area contributed by atoms with E-state index in [0.29, 0.717) is 11.4 Å². The van der Waals surface area contributed by atoms with Crippen LogP contribution in [0.15, 0.2) is 109 Å². The Hall–Kier alpha value is -4.31. The molecular formula is C37H41NO3. The number of ether oxygens (including phenoxy) is 2. The van der Waals surface area contributed by atoms with Crippen molar-refractivity contribution >= 4 is 11.6 Å². The number of nitrogens with one attached hydrogen (secondary N) is 1. The molecular weight excluding hydrogens is 506 g/mol. The Morgan fingerprint density at radius 1 is 0.732 bits per heavy atom. The SMILES string of the molecule is C/C=C\C(C)(C)c1cccc(Oc2ccc(C(C)(CCC)c3ccc(Oc4cccc(NC(C)=O)c4)cc3)cc2)c1. The lowest BCUT2D eigenvalue weighted by molar-refractivity contribution is -0.114. The van der Waals surface area contributed by atoms with Crippen molar-refractivity contribution in [3.63, 3.8) is 0 Å². The Morgan fingerprint density at radius 2 is 1.27 bits per heavy atom. The summed E-state index contributed by atoms with van der Waals surface area (Å²) in [5.74, 6) is 2.96. The number of hydrogen-bond acceptors (Lipinski definition) is 3. The van der Waals surface area contributed by atoms with E-state index in [-0.39, 0.29) is 16.7 Å². The zero-order chi connectivity index (χ0) is 29.5. The number of hydrogen-bond donors (Lipinski definition) is 1. The lowest BCUT2D eigenvalue weighted by Gasteiger charge is -2.31. The molecule has 0 aliphatic rings. The van der Waals surface area contributed by atoms with Gasteiger partial charge in [-0.25, -0.2) is 0 Å². The fourth-order valence-electron chi connectivity index (χ4n) is 5.32. The number of carbonyl (C=O) groups is 1. The minimum atomic E-state index is -0.159. The summed E-state index contributed by atoms with van der Waals surface area (Å²) in [5, 5.41) is 2.79. The van der Waals surface area contributed by atoms with Gasteiger partial charge in [0, 0.05) is 29.5 Å². The smallest absolute Gasteiger partial charge is 0.221 e. The van der Waals surface area contributed by atoms with E-state index in [2.05, 4.69) is 107 Å². The molecule has 0 aromatic heterocycles. The van der Waals surface area contributed by atoms with Crippen molar-refractivity contribution in [3.05, 3.63) is 126 Å². The first-order valence-corrected chi connectivity index (χ1v) is 14.3. The second-order valence-corrected chi connectivity index (χ2v) is 11.3. The maximum atomic E-state index is 11.4. The maximum absolute atomic E-state index is 11.4. The maximum Gasteiger partial charge on any atom is 0.221 e. The van der Waals surface area contributed by atoms with Crippen LogP contribution in [-0.2, 0) is 15.6 Å². The van der Waals surface area contributed by atoms with Gasteiger partial charge >= 0.3 is 0 Å². The van der Waals surface area contributed by atoms with Crippen LogP contribution < -0.4 is 14.8 Å². The Balaban J connectivity index is 1.51. The second kappa shape index (κ2) is 12.9. The summed E-state index contributed by atoms with van der Waals surface area (Å²) < 4.78 is 12.3.